The van der Waals surface area contributed by atoms with Crippen molar-refractivity contribution >= 4 is 33.3 Å². The number of alkyl halides is 3. The lowest BCUT2D eigenvalue weighted by Gasteiger charge is -2.33. The van der Waals surface area contributed by atoms with Crippen LogP contribution >= 0.6 is 11.3 Å². The summed E-state index contributed by atoms with van der Waals surface area (Å²) in [6, 6.07) is 4.83. The first-order valence-corrected chi connectivity index (χ1v) is 12.8. The summed E-state index contributed by atoms with van der Waals surface area (Å²) in [6.45, 7) is 2.89. The van der Waals surface area contributed by atoms with Gasteiger partial charge in [0.1, 0.15) is 17.0 Å². The number of ether oxygens (including phenoxy) is 1. The van der Waals surface area contributed by atoms with E-state index in [9.17, 15) is 18.0 Å². The zero-order chi connectivity index (χ0) is 26.8. The standard InChI is InChI=1S/C25H23F3N6O3S/c1-12(29)21-20(23(35)33-10-14-9-13(33)11-34(14)24-30-7-8-38-24)32-22(37-21)16-3-5-17(36-2)19-15(16)4-6-18(31-19)25(26,27)28/h3-8,12-14H,9-11,29H2,1-2H3/t12-,13+,14+/m0/s1. The van der Waals surface area contributed by atoms with Gasteiger partial charge in [0.05, 0.1) is 25.2 Å². The van der Waals surface area contributed by atoms with Crippen LogP contribution in [0.4, 0.5) is 18.3 Å². The van der Waals surface area contributed by atoms with Crippen LogP contribution in [-0.2, 0) is 6.18 Å². The molecule has 5 heterocycles. The quantitative estimate of drug-likeness (QED) is 0.391. The van der Waals surface area contributed by atoms with Gasteiger partial charge in [0.25, 0.3) is 5.91 Å². The van der Waals surface area contributed by atoms with E-state index in [4.69, 9.17) is 14.9 Å². The van der Waals surface area contributed by atoms with Crippen LogP contribution in [0.15, 0.2) is 40.3 Å². The van der Waals surface area contributed by atoms with Gasteiger partial charge in [-0.15, -0.1) is 11.3 Å². The van der Waals surface area contributed by atoms with Gasteiger partial charge in [0.2, 0.25) is 5.89 Å². The minimum Gasteiger partial charge on any atom is -0.494 e. The molecule has 0 spiro atoms. The predicted octanol–water partition coefficient (Wildman–Crippen LogP) is 4.50. The van der Waals surface area contributed by atoms with Crippen molar-refractivity contribution in [1.82, 2.24) is 19.9 Å². The molecule has 2 fully saturated rings. The second-order valence-corrected chi connectivity index (χ2v) is 10.3. The average Bonchev–Trinajstić information content (AvgIpc) is 3.69. The summed E-state index contributed by atoms with van der Waals surface area (Å²) in [5.41, 5.74) is 5.59. The Morgan fingerprint density at radius 3 is 2.66 bits per heavy atom. The molecule has 4 aromatic rings. The number of likely N-dealkylation sites (tertiary alicyclic amines) is 1. The van der Waals surface area contributed by atoms with Gasteiger partial charge in [-0.2, -0.15) is 13.2 Å². The highest BCUT2D eigenvalue weighted by molar-refractivity contribution is 7.13. The fourth-order valence-electron chi connectivity index (χ4n) is 5.25. The van der Waals surface area contributed by atoms with Gasteiger partial charge in [-0.05, 0) is 37.6 Å². The van der Waals surface area contributed by atoms with E-state index in [0.29, 0.717) is 24.0 Å². The van der Waals surface area contributed by atoms with Crippen LogP contribution in [0.2, 0.25) is 0 Å². The minimum absolute atomic E-state index is 0.00397. The van der Waals surface area contributed by atoms with Gasteiger partial charge in [0.15, 0.2) is 16.6 Å². The van der Waals surface area contributed by atoms with Crippen LogP contribution in [0.5, 0.6) is 5.75 Å². The van der Waals surface area contributed by atoms with Crippen LogP contribution in [0.25, 0.3) is 22.4 Å². The topological polar surface area (TPSA) is 111 Å². The maximum absolute atomic E-state index is 13.7. The highest BCUT2D eigenvalue weighted by Gasteiger charge is 2.47. The van der Waals surface area contributed by atoms with E-state index >= 15 is 0 Å². The lowest BCUT2D eigenvalue weighted by atomic mass is 10.1. The van der Waals surface area contributed by atoms with Crippen molar-refractivity contribution in [3.05, 3.63) is 53.0 Å². The van der Waals surface area contributed by atoms with E-state index < -0.39 is 17.9 Å². The average molecular weight is 545 g/mol. The highest BCUT2D eigenvalue weighted by Crippen LogP contribution is 2.39. The van der Waals surface area contributed by atoms with Gasteiger partial charge in [-0.1, -0.05) is 0 Å². The van der Waals surface area contributed by atoms with Crippen molar-refractivity contribution in [2.75, 3.05) is 25.1 Å². The van der Waals surface area contributed by atoms with Crippen LogP contribution in [-0.4, -0.2) is 58.0 Å². The smallest absolute Gasteiger partial charge is 0.433 e. The van der Waals surface area contributed by atoms with Crippen molar-refractivity contribution in [3.8, 4) is 17.2 Å². The number of thiazole rings is 1. The number of nitrogens with two attached hydrogens (primary N) is 1. The zero-order valence-corrected chi connectivity index (χ0v) is 21.2. The molecule has 198 valence electrons. The van der Waals surface area contributed by atoms with Gasteiger partial charge >= 0.3 is 6.18 Å². The number of nitrogens with zero attached hydrogens (tertiary/aromatic N) is 5. The maximum atomic E-state index is 13.7. The molecule has 9 nitrogen and oxygen atoms in total. The van der Waals surface area contributed by atoms with Gasteiger partial charge in [-0.25, -0.2) is 15.0 Å². The number of pyridine rings is 1. The van der Waals surface area contributed by atoms with Crippen molar-refractivity contribution in [3.63, 3.8) is 0 Å². The fraction of sp³-hybridized carbons (Fsp3) is 0.360. The van der Waals surface area contributed by atoms with Gasteiger partial charge in [0, 0.05) is 35.6 Å². The van der Waals surface area contributed by atoms with E-state index in [2.05, 4.69) is 19.9 Å². The molecule has 0 unspecified atom stereocenters. The maximum Gasteiger partial charge on any atom is 0.433 e. The Labute approximate surface area is 219 Å². The molecule has 3 atom stereocenters. The number of aromatic nitrogens is 3. The first-order valence-electron chi connectivity index (χ1n) is 11.9. The lowest BCUT2D eigenvalue weighted by molar-refractivity contribution is -0.140. The van der Waals surface area contributed by atoms with E-state index in [1.807, 2.05) is 5.38 Å². The Kier molecular flexibility index (Phi) is 5.80. The molecular weight excluding hydrogens is 521 g/mol. The number of hydrogen-bond acceptors (Lipinski definition) is 9. The lowest BCUT2D eigenvalue weighted by Crippen LogP contribution is -2.49. The summed E-state index contributed by atoms with van der Waals surface area (Å²) in [5, 5.41) is 3.21. The number of methoxy groups -OCH3 is 1. The second kappa shape index (κ2) is 8.95. The Balaban J connectivity index is 1.36. The first-order chi connectivity index (χ1) is 18.2. The number of benzene rings is 1. The molecule has 0 radical (unpaired) electrons. The first kappa shape index (κ1) is 24.6. The Bertz CT molecular complexity index is 1520. The number of fused-ring (bicyclic) bond motifs is 3. The third-order valence-electron chi connectivity index (χ3n) is 7.00. The number of carbonyl (C=O) groups excluding carboxylic acids is 1. The summed E-state index contributed by atoms with van der Waals surface area (Å²) in [7, 11) is 1.35. The molecule has 0 saturated carbocycles. The third-order valence-corrected chi connectivity index (χ3v) is 7.81. The number of carbonyl (C=O) groups is 1. The van der Waals surface area contributed by atoms with Crippen molar-refractivity contribution in [1.29, 1.82) is 0 Å². The highest BCUT2D eigenvalue weighted by atomic mass is 32.1. The molecular formula is C25H23F3N6O3S. The Morgan fingerprint density at radius 1 is 1.21 bits per heavy atom. The molecule has 2 N–H and O–H groups in total. The fourth-order valence-corrected chi connectivity index (χ4v) is 5.98. The van der Waals surface area contributed by atoms with Gasteiger partial charge in [-0.3, -0.25) is 4.79 Å². The zero-order valence-electron chi connectivity index (χ0n) is 20.4. The molecule has 2 saturated heterocycles. The molecule has 3 aromatic heterocycles. The molecule has 2 aliphatic heterocycles. The van der Waals surface area contributed by atoms with E-state index in [-0.39, 0.29) is 46.6 Å². The second-order valence-electron chi connectivity index (χ2n) is 9.39. The number of rotatable bonds is 5. The summed E-state index contributed by atoms with van der Waals surface area (Å²) >= 11 is 1.57. The number of piperazine rings is 1. The minimum atomic E-state index is -4.62. The molecule has 6 rings (SSSR count). The molecule has 2 bridgehead atoms. The van der Waals surface area contributed by atoms with Crippen LogP contribution in [0.1, 0.15) is 41.3 Å². The van der Waals surface area contributed by atoms with Crippen LogP contribution < -0.4 is 15.4 Å². The molecule has 1 aromatic carbocycles. The molecule has 1 amide bonds. The van der Waals surface area contributed by atoms with E-state index in [0.717, 1.165) is 17.6 Å². The van der Waals surface area contributed by atoms with Crippen molar-refractivity contribution in [2.24, 2.45) is 5.73 Å². The summed E-state index contributed by atoms with van der Waals surface area (Å²) in [4.78, 5) is 30.4. The third kappa shape index (κ3) is 3.97. The van der Waals surface area contributed by atoms with E-state index in [1.165, 1.54) is 19.2 Å². The number of amides is 1. The van der Waals surface area contributed by atoms with E-state index in [1.54, 1.807) is 35.4 Å². The van der Waals surface area contributed by atoms with Crippen molar-refractivity contribution < 1.29 is 27.1 Å². The molecule has 13 heteroatoms. The Morgan fingerprint density at radius 2 is 2.03 bits per heavy atom. The van der Waals surface area contributed by atoms with Crippen molar-refractivity contribution in [2.45, 2.75) is 37.6 Å². The largest absolute Gasteiger partial charge is 0.494 e. The SMILES string of the molecule is COc1ccc(-c2nc(C(=O)N3C[C@H]4C[C@@H]3CN4c3nccs3)c([C@H](C)N)o2)c2ccc(C(F)(F)F)nc12. The number of hydrogen-bond donors (Lipinski definition) is 1. The Hall–Kier alpha value is -3.71. The molecule has 0 aliphatic carbocycles. The summed E-state index contributed by atoms with van der Waals surface area (Å²) < 4.78 is 51.2. The number of halogens is 3. The molecule has 2 aliphatic rings. The monoisotopic (exact) mass is 544 g/mol. The number of oxazole rings is 1. The van der Waals surface area contributed by atoms with Crippen LogP contribution in [0, 0.1) is 0 Å². The van der Waals surface area contributed by atoms with Crippen LogP contribution in [0.3, 0.4) is 0 Å². The number of anilines is 1. The molecule has 38 heavy (non-hydrogen) atoms. The summed E-state index contributed by atoms with van der Waals surface area (Å²) in [5.74, 6) is 0.175. The van der Waals surface area contributed by atoms with Gasteiger partial charge < -0.3 is 24.7 Å². The normalized spacial score (nSPS) is 19.9. The summed E-state index contributed by atoms with van der Waals surface area (Å²) in [6.07, 6.45) is -2.02. The predicted molar refractivity (Wildman–Crippen MR) is 134 cm³/mol.